The second-order valence-corrected chi connectivity index (χ2v) is 5.39. The number of amides is 1. The molecule has 0 saturated carbocycles. The lowest BCUT2D eigenvalue weighted by atomic mass is 10.2. The maximum Gasteiger partial charge on any atom is 0.274 e. The van der Waals surface area contributed by atoms with Crippen LogP contribution >= 0.6 is 0 Å². The molecule has 0 radical (unpaired) electrons. The van der Waals surface area contributed by atoms with Gasteiger partial charge in [0.15, 0.2) is 0 Å². The molecule has 6 nitrogen and oxygen atoms in total. The van der Waals surface area contributed by atoms with E-state index in [9.17, 15) is 4.79 Å². The predicted octanol–water partition coefficient (Wildman–Crippen LogP) is 3.79. The van der Waals surface area contributed by atoms with Crippen molar-refractivity contribution in [2.75, 3.05) is 17.7 Å². The summed E-state index contributed by atoms with van der Waals surface area (Å²) in [6, 6.07) is 16.5. The van der Waals surface area contributed by atoms with E-state index in [0.717, 1.165) is 22.7 Å². The highest BCUT2D eigenvalue weighted by Crippen LogP contribution is 2.19. The first kappa shape index (κ1) is 16.4. The molecule has 2 N–H and O–H groups in total. The van der Waals surface area contributed by atoms with Crippen LogP contribution in [0.25, 0.3) is 0 Å². The predicted molar refractivity (Wildman–Crippen MR) is 97.4 cm³/mol. The van der Waals surface area contributed by atoms with E-state index in [1.165, 1.54) is 0 Å². The van der Waals surface area contributed by atoms with Gasteiger partial charge in [0, 0.05) is 23.6 Å². The maximum atomic E-state index is 12.4. The molecular weight excluding hydrogens is 316 g/mol. The Kier molecular flexibility index (Phi) is 4.89. The van der Waals surface area contributed by atoms with Gasteiger partial charge in [0.05, 0.1) is 7.11 Å². The van der Waals surface area contributed by atoms with Gasteiger partial charge in [-0.3, -0.25) is 4.79 Å². The summed E-state index contributed by atoms with van der Waals surface area (Å²) >= 11 is 0. The summed E-state index contributed by atoms with van der Waals surface area (Å²) in [7, 11) is 1.60. The fourth-order valence-corrected chi connectivity index (χ4v) is 2.27. The van der Waals surface area contributed by atoms with Crippen LogP contribution in [0.2, 0.25) is 0 Å². The number of carbonyl (C=O) groups is 1. The highest BCUT2D eigenvalue weighted by Gasteiger charge is 2.10. The van der Waals surface area contributed by atoms with Crippen LogP contribution in [0.4, 0.5) is 17.3 Å². The lowest BCUT2D eigenvalue weighted by Crippen LogP contribution is -2.15. The van der Waals surface area contributed by atoms with Crippen molar-refractivity contribution in [2.45, 2.75) is 6.92 Å². The number of hydrogen-bond acceptors (Lipinski definition) is 5. The smallest absolute Gasteiger partial charge is 0.274 e. The number of nitrogens with one attached hydrogen (secondary N) is 2. The topological polar surface area (TPSA) is 76.1 Å². The average Bonchev–Trinajstić information content (AvgIpc) is 2.64. The first-order valence-electron chi connectivity index (χ1n) is 7.77. The van der Waals surface area contributed by atoms with Crippen LogP contribution in [0, 0.1) is 6.92 Å². The minimum Gasteiger partial charge on any atom is -0.497 e. The Labute approximate surface area is 145 Å². The summed E-state index contributed by atoms with van der Waals surface area (Å²) in [4.78, 5) is 20.9. The number of rotatable bonds is 5. The zero-order valence-corrected chi connectivity index (χ0v) is 14.0. The summed E-state index contributed by atoms with van der Waals surface area (Å²) in [5.41, 5.74) is 2.80. The average molecular weight is 334 g/mol. The van der Waals surface area contributed by atoms with Crippen molar-refractivity contribution in [2.24, 2.45) is 0 Å². The molecule has 1 aromatic heterocycles. The molecule has 0 saturated heterocycles. The van der Waals surface area contributed by atoms with Gasteiger partial charge in [-0.05, 0) is 36.8 Å². The van der Waals surface area contributed by atoms with Crippen LogP contribution in [-0.4, -0.2) is 23.0 Å². The van der Waals surface area contributed by atoms with Crippen molar-refractivity contribution in [1.29, 1.82) is 0 Å². The Hall–Kier alpha value is -3.41. The molecule has 1 amide bonds. The molecule has 126 valence electrons. The van der Waals surface area contributed by atoms with Gasteiger partial charge in [-0.1, -0.05) is 24.3 Å². The minimum atomic E-state index is -0.287. The van der Waals surface area contributed by atoms with Gasteiger partial charge in [-0.25, -0.2) is 9.97 Å². The van der Waals surface area contributed by atoms with Crippen LogP contribution < -0.4 is 15.4 Å². The van der Waals surface area contributed by atoms with Gasteiger partial charge >= 0.3 is 0 Å². The van der Waals surface area contributed by atoms with Crippen molar-refractivity contribution >= 4 is 23.2 Å². The zero-order chi connectivity index (χ0) is 17.6. The van der Waals surface area contributed by atoms with Crippen molar-refractivity contribution < 1.29 is 9.53 Å². The molecule has 25 heavy (non-hydrogen) atoms. The Morgan fingerprint density at radius 1 is 1.08 bits per heavy atom. The van der Waals surface area contributed by atoms with E-state index in [1.54, 1.807) is 19.4 Å². The van der Waals surface area contributed by atoms with Crippen LogP contribution in [-0.2, 0) is 0 Å². The number of ether oxygens (including phenoxy) is 1. The fraction of sp³-hybridized carbons (Fsp3) is 0.105. The molecule has 3 rings (SSSR count). The number of hydrogen-bond donors (Lipinski definition) is 2. The number of aryl methyl sites for hydroxylation is 1. The summed E-state index contributed by atoms with van der Waals surface area (Å²) < 4.78 is 5.19. The van der Waals surface area contributed by atoms with Gasteiger partial charge in [0.2, 0.25) is 5.95 Å². The molecule has 0 atom stereocenters. The van der Waals surface area contributed by atoms with E-state index in [4.69, 9.17) is 4.74 Å². The molecule has 3 aromatic rings. The third-order valence-electron chi connectivity index (χ3n) is 3.61. The molecule has 2 aromatic carbocycles. The van der Waals surface area contributed by atoms with Crippen LogP contribution in [0.1, 0.15) is 16.1 Å². The van der Waals surface area contributed by atoms with Gasteiger partial charge in [-0.15, -0.1) is 0 Å². The first-order chi connectivity index (χ1) is 12.2. The second-order valence-electron chi connectivity index (χ2n) is 5.39. The number of para-hydroxylation sites is 1. The van der Waals surface area contributed by atoms with E-state index in [0.29, 0.717) is 5.95 Å². The molecule has 6 heteroatoms. The summed E-state index contributed by atoms with van der Waals surface area (Å²) in [6.45, 7) is 1.94. The Morgan fingerprint density at radius 2 is 1.92 bits per heavy atom. The third kappa shape index (κ3) is 4.11. The SMILES string of the molecule is COc1cccc(Nc2nccc(C(=O)Nc3ccccc3C)n2)c1. The fourth-order valence-electron chi connectivity index (χ4n) is 2.27. The third-order valence-corrected chi connectivity index (χ3v) is 3.61. The van der Waals surface area contributed by atoms with E-state index in [1.807, 2.05) is 55.5 Å². The summed E-state index contributed by atoms with van der Waals surface area (Å²) in [5, 5.41) is 5.93. The Balaban J connectivity index is 1.76. The Morgan fingerprint density at radius 3 is 2.72 bits per heavy atom. The normalized spacial score (nSPS) is 10.2. The molecule has 0 bridgehead atoms. The van der Waals surface area contributed by atoms with Crippen molar-refractivity contribution in [3.63, 3.8) is 0 Å². The molecule has 1 heterocycles. The van der Waals surface area contributed by atoms with Gasteiger partial charge in [0.1, 0.15) is 11.4 Å². The van der Waals surface area contributed by atoms with E-state index in [2.05, 4.69) is 20.6 Å². The van der Waals surface area contributed by atoms with Crippen molar-refractivity contribution in [1.82, 2.24) is 9.97 Å². The number of nitrogens with zero attached hydrogens (tertiary/aromatic N) is 2. The maximum absolute atomic E-state index is 12.4. The first-order valence-corrected chi connectivity index (χ1v) is 7.77. The van der Waals surface area contributed by atoms with E-state index in [-0.39, 0.29) is 11.6 Å². The number of benzene rings is 2. The minimum absolute atomic E-state index is 0.281. The van der Waals surface area contributed by atoms with Crippen molar-refractivity contribution in [3.8, 4) is 5.75 Å². The number of aromatic nitrogens is 2. The quantitative estimate of drug-likeness (QED) is 0.742. The molecule has 0 unspecified atom stereocenters. The lowest BCUT2D eigenvalue weighted by molar-refractivity contribution is 0.102. The van der Waals surface area contributed by atoms with E-state index < -0.39 is 0 Å². The Bertz CT molecular complexity index is 896. The van der Waals surface area contributed by atoms with Crippen LogP contribution in [0.15, 0.2) is 60.8 Å². The molecular formula is C19H18N4O2. The molecule has 0 aliphatic rings. The summed E-state index contributed by atoms with van der Waals surface area (Å²) in [5.74, 6) is 0.773. The standard InChI is InChI=1S/C19H18N4O2/c1-13-6-3-4-9-16(13)22-18(24)17-10-11-20-19(23-17)21-14-7-5-8-15(12-14)25-2/h3-12H,1-2H3,(H,22,24)(H,20,21,23). The van der Waals surface area contributed by atoms with Crippen molar-refractivity contribution in [3.05, 3.63) is 72.1 Å². The number of anilines is 3. The zero-order valence-electron chi connectivity index (χ0n) is 14.0. The number of carbonyl (C=O) groups excluding carboxylic acids is 1. The van der Waals surface area contributed by atoms with Crippen LogP contribution in [0.3, 0.4) is 0 Å². The molecule has 0 spiro atoms. The highest BCUT2D eigenvalue weighted by molar-refractivity contribution is 6.03. The highest BCUT2D eigenvalue weighted by atomic mass is 16.5. The second kappa shape index (κ2) is 7.44. The molecule has 0 fully saturated rings. The van der Waals surface area contributed by atoms with E-state index >= 15 is 0 Å². The summed E-state index contributed by atoms with van der Waals surface area (Å²) in [6.07, 6.45) is 1.54. The number of methoxy groups -OCH3 is 1. The monoisotopic (exact) mass is 334 g/mol. The van der Waals surface area contributed by atoms with Crippen LogP contribution in [0.5, 0.6) is 5.75 Å². The largest absolute Gasteiger partial charge is 0.497 e. The molecule has 0 aliphatic heterocycles. The lowest BCUT2D eigenvalue weighted by Gasteiger charge is -2.09. The van der Waals surface area contributed by atoms with Gasteiger partial charge in [-0.2, -0.15) is 0 Å². The molecule has 0 aliphatic carbocycles. The van der Waals surface area contributed by atoms with Gasteiger partial charge in [0.25, 0.3) is 5.91 Å². The van der Waals surface area contributed by atoms with Gasteiger partial charge < -0.3 is 15.4 Å².